The van der Waals surface area contributed by atoms with Gasteiger partial charge in [-0.25, -0.2) is 4.39 Å². The highest BCUT2D eigenvalue weighted by Gasteiger charge is 2.15. The van der Waals surface area contributed by atoms with E-state index in [1.165, 1.54) is 12.1 Å². The van der Waals surface area contributed by atoms with Gasteiger partial charge in [-0.1, -0.05) is 6.07 Å². The van der Waals surface area contributed by atoms with Crippen LogP contribution in [0, 0.1) is 5.82 Å². The number of pyridine rings is 1. The Kier molecular flexibility index (Phi) is 2.83. The normalized spacial score (nSPS) is 12.4. The number of aliphatic hydroxyl groups is 1. The van der Waals surface area contributed by atoms with Crippen molar-refractivity contribution in [1.29, 1.82) is 0 Å². The van der Waals surface area contributed by atoms with Gasteiger partial charge in [0.25, 0.3) is 0 Å². The molecule has 1 heterocycles. The number of benzene rings is 1. The van der Waals surface area contributed by atoms with Gasteiger partial charge in [0.15, 0.2) is 0 Å². The van der Waals surface area contributed by atoms with Crippen LogP contribution in [-0.4, -0.2) is 15.2 Å². The molecule has 3 nitrogen and oxygen atoms in total. The van der Waals surface area contributed by atoms with Gasteiger partial charge in [0.05, 0.1) is 5.69 Å². The Labute approximate surface area is 91.8 Å². The number of phenolic OH excluding ortho intramolecular Hbond substituents is 1. The molecule has 1 aromatic heterocycles. The van der Waals surface area contributed by atoms with Crippen LogP contribution in [0.4, 0.5) is 4.39 Å². The quantitative estimate of drug-likeness (QED) is 0.812. The van der Waals surface area contributed by atoms with Crippen LogP contribution in [0.25, 0.3) is 0 Å². The molecule has 0 radical (unpaired) electrons. The predicted molar refractivity (Wildman–Crippen MR) is 56.4 cm³/mol. The summed E-state index contributed by atoms with van der Waals surface area (Å²) in [6, 6.07) is 8.56. The highest BCUT2D eigenvalue weighted by atomic mass is 19.1. The Bertz CT molecular complexity index is 488. The fourth-order valence-electron chi connectivity index (χ4n) is 1.45. The summed E-state index contributed by atoms with van der Waals surface area (Å²) in [4.78, 5) is 3.96. The van der Waals surface area contributed by atoms with Crippen LogP contribution >= 0.6 is 0 Å². The van der Waals surface area contributed by atoms with E-state index in [1.807, 2.05) is 0 Å². The maximum Gasteiger partial charge on any atom is 0.126 e. The largest absolute Gasteiger partial charge is 0.507 e. The first-order valence-electron chi connectivity index (χ1n) is 4.76. The number of halogens is 1. The van der Waals surface area contributed by atoms with Gasteiger partial charge in [-0.05, 0) is 24.3 Å². The lowest BCUT2D eigenvalue weighted by atomic mass is 10.0. The van der Waals surface area contributed by atoms with E-state index in [0.29, 0.717) is 5.69 Å². The Morgan fingerprint density at radius 3 is 2.62 bits per heavy atom. The molecule has 0 amide bonds. The maximum absolute atomic E-state index is 12.8. The van der Waals surface area contributed by atoms with Crippen molar-refractivity contribution in [3.8, 4) is 5.75 Å². The van der Waals surface area contributed by atoms with Crippen molar-refractivity contribution in [2.45, 2.75) is 6.10 Å². The van der Waals surface area contributed by atoms with Gasteiger partial charge in [0.2, 0.25) is 0 Å². The van der Waals surface area contributed by atoms with Crippen molar-refractivity contribution in [2.75, 3.05) is 0 Å². The first kappa shape index (κ1) is 10.6. The summed E-state index contributed by atoms with van der Waals surface area (Å²) >= 11 is 0. The molecular weight excluding hydrogens is 209 g/mol. The first-order valence-corrected chi connectivity index (χ1v) is 4.76. The minimum atomic E-state index is -1.05. The third kappa shape index (κ3) is 2.01. The highest BCUT2D eigenvalue weighted by Crippen LogP contribution is 2.28. The van der Waals surface area contributed by atoms with E-state index in [4.69, 9.17) is 0 Å². The zero-order valence-electron chi connectivity index (χ0n) is 8.34. The Balaban J connectivity index is 2.38. The first-order chi connectivity index (χ1) is 7.68. The topological polar surface area (TPSA) is 53.4 Å². The van der Waals surface area contributed by atoms with Crippen molar-refractivity contribution in [2.24, 2.45) is 0 Å². The number of aromatic nitrogens is 1. The average Bonchev–Trinajstić information content (AvgIpc) is 2.29. The van der Waals surface area contributed by atoms with E-state index in [-0.39, 0.29) is 11.3 Å². The zero-order chi connectivity index (χ0) is 11.5. The molecule has 1 atom stereocenters. The number of aliphatic hydroxyl groups excluding tert-OH is 1. The molecule has 0 fully saturated rings. The molecule has 16 heavy (non-hydrogen) atoms. The number of rotatable bonds is 2. The minimum Gasteiger partial charge on any atom is -0.507 e. The third-order valence-corrected chi connectivity index (χ3v) is 2.25. The van der Waals surface area contributed by atoms with Gasteiger partial charge in [-0.15, -0.1) is 0 Å². The molecule has 0 saturated carbocycles. The number of phenols is 1. The van der Waals surface area contributed by atoms with E-state index in [2.05, 4.69) is 4.98 Å². The van der Waals surface area contributed by atoms with E-state index < -0.39 is 11.9 Å². The smallest absolute Gasteiger partial charge is 0.126 e. The Morgan fingerprint density at radius 1 is 1.19 bits per heavy atom. The summed E-state index contributed by atoms with van der Waals surface area (Å²) in [5.41, 5.74) is 0.643. The van der Waals surface area contributed by atoms with E-state index in [9.17, 15) is 14.6 Å². The summed E-state index contributed by atoms with van der Waals surface area (Å²) in [5.74, 6) is -0.826. The van der Waals surface area contributed by atoms with Gasteiger partial charge in [-0.2, -0.15) is 0 Å². The van der Waals surface area contributed by atoms with E-state index >= 15 is 0 Å². The molecule has 1 aromatic carbocycles. The number of aromatic hydroxyl groups is 1. The second-order valence-electron chi connectivity index (χ2n) is 3.36. The lowest BCUT2D eigenvalue weighted by molar-refractivity contribution is 0.210. The van der Waals surface area contributed by atoms with Crippen molar-refractivity contribution in [1.82, 2.24) is 4.98 Å². The molecular formula is C12H10FNO2. The second kappa shape index (κ2) is 4.28. The molecule has 0 saturated heterocycles. The molecule has 4 heteroatoms. The summed E-state index contributed by atoms with van der Waals surface area (Å²) in [6.07, 6.45) is 0.487. The van der Waals surface area contributed by atoms with Crippen LogP contribution in [0.3, 0.4) is 0 Å². The summed E-state index contributed by atoms with van der Waals surface area (Å²) in [5, 5.41) is 19.4. The molecule has 2 N–H and O–H groups in total. The highest BCUT2D eigenvalue weighted by molar-refractivity contribution is 5.37. The van der Waals surface area contributed by atoms with Gasteiger partial charge < -0.3 is 10.2 Å². The molecule has 0 aliphatic heterocycles. The molecule has 2 aromatic rings. The van der Waals surface area contributed by atoms with E-state index in [1.54, 1.807) is 24.4 Å². The number of hydrogen-bond donors (Lipinski definition) is 2. The minimum absolute atomic E-state index is 0.236. The summed E-state index contributed by atoms with van der Waals surface area (Å²) in [6.45, 7) is 0. The van der Waals surface area contributed by atoms with Crippen LogP contribution in [0.1, 0.15) is 17.4 Å². The van der Waals surface area contributed by atoms with Crippen LogP contribution in [0.5, 0.6) is 5.75 Å². The third-order valence-electron chi connectivity index (χ3n) is 2.25. The van der Waals surface area contributed by atoms with Crippen LogP contribution in [0.15, 0.2) is 42.6 Å². The van der Waals surface area contributed by atoms with Crippen molar-refractivity contribution in [3.63, 3.8) is 0 Å². The van der Waals surface area contributed by atoms with Crippen LogP contribution < -0.4 is 0 Å². The summed E-state index contributed by atoms with van der Waals surface area (Å²) in [7, 11) is 0. The molecule has 0 aliphatic rings. The fourth-order valence-corrected chi connectivity index (χ4v) is 1.45. The monoisotopic (exact) mass is 219 g/mol. The van der Waals surface area contributed by atoms with Gasteiger partial charge in [0, 0.05) is 17.8 Å². The molecule has 2 rings (SSSR count). The molecule has 82 valence electrons. The Morgan fingerprint density at radius 2 is 2.00 bits per heavy atom. The van der Waals surface area contributed by atoms with Gasteiger partial charge in [-0.3, -0.25) is 4.98 Å². The van der Waals surface area contributed by atoms with Crippen LogP contribution in [-0.2, 0) is 0 Å². The van der Waals surface area contributed by atoms with Crippen molar-refractivity contribution in [3.05, 3.63) is 59.7 Å². The zero-order valence-corrected chi connectivity index (χ0v) is 8.34. The predicted octanol–water partition coefficient (Wildman–Crippen LogP) is 2.01. The standard InChI is InChI=1S/C12H10FNO2/c13-8-4-5-9(11(15)7-8)12(16)10-3-1-2-6-14-10/h1-7,12,15-16H. The van der Waals surface area contributed by atoms with Crippen LogP contribution in [0.2, 0.25) is 0 Å². The maximum atomic E-state index is 12.8. The SMILES string of the molecule is Oc1cc(F)ccc1C(O)c1ccccn1. The Hall–Kier alpha value is -1.94. The van der Waals surface area contributed by atoms with Gasteiger partial charge in [0.1, 0.15) is 17.7 Å². The number of nitrogens with zero attached hydrogens (tertiary/aromatic N) is 1. The lowest BCUT2D eigenvalue weighted by Crippen LogP contribution is -2.02. The van der Waals surface area contributed by atoms with Crippen molar-refractivity contribution >= 4 is 0 Å². The molecule has 0 bridgehead atoms. The van der Waals surface area contributed by atoms with E-state index in [0.717, 1.165) is 6.07 Å². The lowest BCUT2D eigenvalue weighted by Gasteiger charge is -2.11. The fraction of sp³-hybridized carbons (Fsp3) is 0.0833. The summed E-state index contributed by atoms with van der Waals surface area (Å²) < 4.78 is 12.8. The number of hydrogen-bond acceptors (Lipinski definition) is 3. The molecule has 0 aliphatic carbocycles. The van der Waals surface area contributed by atoms with Gasteiger partial charge >= 0.3 is 0 Å². The second-order valence-corrected chi connectivity index (χ2v) is 3.36. The molecule has 0 spiro atoms. The molecule has 1 unspecified atom stereocenters. The van der Waals surface area contributed by atoms with Crippen molar-refractivity contribution < 1.29 is 14.6 Å². The average molecular weight is 219 g/mol.